The van der Waals surface area contributed by atoms with Crippen molar-refractivity contribution in [3.05, 3.63) is 89.5 Å². The van der Waals surface area contributed by atoms with Gasteiger partial charge in [-0.15, -0.1) is 0 Å². The van der Waals surface area contributed by atoms with Crippen LogP contribution in [0.4, 0.5) is 4.79 Å². The molecule has 0 aliphatic rings. The van der Waals surface area contributed by atoms with Gasteiger partial charge >= 0.3 is 6.03 Å². The standard InChI is InChI=1S/C25H26N4O/c1-18-7-11-20(12-8-18)17-27-25(30)26-15-16-29-23-6-4-3-5-22(23)28-24(29)21-13-9-19(2)10-14-21/h3-14H,15-17H2,1-2H3,(H2,26,27,30). The molecule has 0 saturated carbocycles. The zero-order valence-corrected chi connectivity index (χ0v) is 17.4. The number of benzene rings is 3. The topological polar surface area (TPSA) is 59.0 Å². The highest BCUT2D eigenvalue weighted by atomic mass is 16.2. The molecule has 3 aromatic carbocycles. The molecule has 4 rings (SSSR count). The number of para-hydroxylation sites is 2. The van der Waals surface area contributed by atoms with E-state index in [0.29, 0.717) is 19.6 Å². The lowest BCUT2D eigenvalue weighted by Crippen LogP contribution is -2.36. The van der Waals surface area contributed by atoms with Gasteiger partial charge in [0.1, 0.15) is 5.82 Å². The maximum absolute atomic E-state index is 12.2. The smallest absolute Gasteiger partial charge is 0.315 e. The zero-order valence-electron chi connectivity index (χ0n) is 17.4. The predicted molar refractivity (Wildman–Crippen MR) is 121 cm³/mol. The normalized spacial score (nSPS) is 10.9. The van der Waals surface area contributed by atoms with Gasteiger partial charge in [0.15, 0.2) is 0 Å². The molecule has 152 valence electrons. The highest BCUT2D eigenvalue weighted by Crippen LogP contribution is 2.24. The molecule has 2 amide bonds. The Labute approximate surface area is 176 Å². The van der Waals surface area contributed by atoms with Crippen molar-refractivity contribution in [1.29, 1.82) is 0 Å². The average Bonchev–Trinajstić information content (AvgIpc) is 3.12. The van der Waals surface area contributed by atoms with Gasteiger partial charge in [0.25, 0.3) is 0 Å². The molecule has 2 N–H and O–H groups in total. The molecule has 0 radical (unpaired) electrons. The Morgan fingerprint density at radius 3 is 2.27 bits per heavy atom. The molecule has 0 aliphatic carbocycles. The van der Waals surface area contributed by atoms with Crippen LogP contribution in [-0.4, -0.2) is 22.1 Å². The lowest BCUT2D eigenvalue weighted by atomic mass is 10.1. The van der Waals surface area contributed by atoms with Gasteiger partial charge in [0.2, 0.25) is 0 Å². The van der Waals surface area contributed by atoms with Crippen molar-refractivity contribution < 1.29 is 4.79 Å². The molecule has 5 heteroatoms. The number of rotatable bonds is 6. The first-order chi connectivity index (χ1) is 14.6. The number of urea groups is 1. The minimum absolute atomic E-state index is 0.170. The number of carbonyl (C=O) groups excluding carboxylic acids is 1. The summed E-state index contributed by atoms with van der Waals surface area (Å²) in [5.74, 6) is 0.915. The quantitative estimate of drug-likeness (QED) is 0.489. The van der Waals surface area contributed by atoms with E-state index < -0.39 is 0 Å². The second kappa shape index (κ2) is 8.82. The van der Waals surface area contributed by atoms with Gasteiger partial charge in [-0.3, -0.25) is 0 Å². The highest BCUT2D eigenvalue weighted by Gasteiger charge is 2.12. The number of imidazole rings is 1. The number of hydrogen-bond donors (Lipinski definition) is 2. The minimum Gasteiger partial charge on any atom is -0.336 e. The van der Waals surface area contributed by atoms with Gasteiger partial charge in [-0.1, -0.05) is 71.8 Å². The fourth-order valence-electron chi connectivity index (χ4n) is 3.46. The Kier molecular flexibility index (Phi) is 5.80. The molecular formula is C25H26N4O. The molecule has 1 aromatic heterocycles. The first kappa shape index (κ1) is 19.7. The molecular weight excluding hydrogens is 372 g/mol. The number of carbonyl (C=O) groups is 1. The van der Waals surface area contributed by atoms with Crippen LogP contribution in [0.1, 0.15) is 16.7 Å². The molecule has 4 aromatic rings. The van der Waals surface area contributed by atoms with Crippen molar-refractivity contribution in [3.8, 4) is 11.4 Å². The Morgan fingerprint density at radius 2 is 1.53 bits per heavy atom. The van der Waals surface area contributed by atoms with Crippen molar-refractivity contribution in [1.82, 2.24) is 20.2 Å². The SMILES string of the molecule is Cc1ccc(CNC(=O)NCCn2c(-c3ccc(C)cc3)nc3ccccc32)cc1. The second-order valence-electron chi connectivity index (χ2n) is 7.54. The highest BCUT2D eigenvalue weighted by molar-refractivity contribution is 5.80. The van der Waals surface area contributed by atoms with Crippen LogP contribution in [0.3, 0.4) is 0 Å². The van der Waals surface area contributed by atoms with E-state index >= 15 is 0 Å². The lowest BCUT2D eigenvalue weighted by molar-refractivity contribution is 0.240. The summed E-state index contributed by atoms with van der Waals surface area (Å²) in [7, 11) is 0. The Hall–Kier alpha value is -3.60. The maximum atomic E-state index is 12.2. The van der Waals surface area contributed by atoms with Gasteiger partial charge < -0.3 is 15.2 Å². The molecule has 5 nitrogen and oxygen atoms in total. The van der Waals surface area contributed by atoms with Crippen LogP contribution in [0.15, 0.2) is 72.8 Å². The molecule has 0 saturated heterocycles. The third-order valence-electron chi connectivity index (χ3n) is 5.16. The predicted octanol–water partition coefficient (Wildman–Crippen LogP) is 4.82. The summed E-state index contributed by atoms with van der Waals surface area (Å²) in [4.78, 5) is 17.0. The molecule has 0 aliphatic heterocycles. The van der Waals surface area contributed by atoms with E-state index in [1.54, 1.807) is 0 Å². The Morgan fingerprint density at radius 1 is 0.867 bits per heavy atom. The molecule has 0 spiro atoms. The van der Waals surface area contributed by atoms with Crippen molar-refractivity contribution >= 4 is 17.1 Å². The summed E-state index contributed by atoms with van der Waals surface area (Å²) in [6, 6.07) is 24.4. The Balaban J connectivity index is 1.43. The second-order valence-corrected chi connectivity index (χ2v) is 7.54. The van der Waals surface area contributed by atoms with E-state index in [1.165, 1.54) is 11.1 Å². The van der Waals surface area contributed by atoms with E-state index in [9.17, 15) is 4.79 Å². The number of aryl methyl sites for hydroxylation is 2. The summed E-state index contributed by atoms with van der Waals surface area (Å²) in [5.41, 5.74) is 6.60. The summed E-state index contributed by atoms with van der Waals surface area (Å²) in [5, 5.41) is 5.87. The van der Waals surface area contributed by atoms with Crippen LogP contribution in [0.2, 0.25) is 0 Å². The van der Waals surface area contributed by atoms with Gasteiger partial charge in [0, 0.05) is 25.2 Å². The number of aromatic nitrogens is 2. The van der Waals surface area contributed by atoms with E-state index in [1.807, 2.05) is 42.5 Å². The van der Waals surface area contributed by atoms with E-state index in [0.717, 1.165) is 28.0 Å². The van der Waals surface area contributed by atoms with Gasteiger partial charge in [-0.25, -0.2) is 9.78 Å². The first-order valence-electron chi connectivity index (χ1n) is 10.2. The van der Waals surface area contributed by atoms with Crippen molar-refractivity contribution in [2.75, 3.05) is 6.54 Å². The van der Waals surface area contributed by atoms with Crippen molar-refractivity contribution in [2.24, 2.45) is 0 Å². The maximum Gasteiger partial charge on any atom is 0.315 e. The molecule has 0 bridgehead atoms. The van der Waals surface area contributed by atoms with E-state index in [2.05, 4.69) is 59.4 Å². The fourth-order valence-corrected chi connectivity index (χ4v) is 3.46. The number of fused-ring (bicyclic) bond motifs is 1. The molecule has 0 fully saturated rings. The monoisotopic (exact) mass is 398 g/mol. The molecule has 30 heavy (non-hydrogen) atoms. The largest absolute Gasteiger partial charge is 0.336 e. The third kappa shape index (κ3) is 4.51. The summed E-state index contributed by atoms with van der Waals surface area (Å²) >= 11 is 0. The average molecular weight is 399 g/mol. The van der Waals surface area contributed by atoms with Crippen LogP contribution in [-0.2, 0) is 13.1 Å². The van der Waals surface area contributed by atoms with Crippen LogP contribution >= 0.6 is 0 Å². The van der Waals surface area contributed by atoms with Crippen molar-refractivity contribution in [3.63, 3.8) is 0 Å². The minimum atomic E-state index is -0.170. The summed E-state index contributed by atoms with van der Waals surface area (Å²) < 4.78 is 2.17. The fraction of sp³-hybridized carbons (Fsp3) is 0.200. The van der Waals surface area contributed by atoms with Crippen molar-refractivity contribution in [2.45, 2.75) is 26.9 Å². The number of nitrogens with zero attached hydrogens (tertiary/aromatic N) is 2. The van der Waals surface area contributed by atoms with Crippen LogP contribution in [0, 0.1) is 13.8 Å². The van der Waals surface area contributed by atoms with Crippen LogP contribution < -0.4 is 10.6 Å². The number of amides is 2. The van der Waals surface area contributed by atoms with Crippen LogP contribution in [0.25, 0.3) is 22.4 Å². The zero-order chi connectivity index (χ0) is 20.9. The van der Waals surface area contributed by atoms with Crippen LogP contribution in [0.5, 0.6) is 0 Å². The first-order valence-corrected chi connectivity index (χ1v) is 10.2. The van der Waals surface area contributed by atoms with E-state index in [-0.39, 0.29) is 6.03 Å². The van der Waals surface area contributed by atoms with Gasteiger partial charge in [-0.05, 0) is 31.5 Å². The summed E-state index contributed by atoms with van der Waals surface area (Å²) in [6.07, 6.45) is 0. The molecule has 0 atom stereocenters. The lowest BCUT2D eigenvalue weighted by Gasteiger charge is -2.12. The van der Waals surface area contributed by atoms with Gasteiger partial charge in [0.05, 0.1) is 11.0 Å². The summed E-state index contributed by atoms with van der Waals surface area (Å²) in [6.45, 7) is 5.79. The van der Waals surface area contributed by atoms with Gasteiger partial charge in [-0.2, -0.15) is 0 Å². The number of hydrogen-bond acceptors (Lipinski definition) is 2. The molecule has 1 heterocycles. The Bertz CT molecular complexity index is 1140. The third-order valence-corrected chi connectivity index (χ3v) is 5.16. The number of nitrogens with one attached hydrogen (secondary N) is 2. The van der Waals surface area contributed by atoms with E-state index in [4.69, 9.17) is 4.98 Å². The molecule has 0 unspecified atom stereocenters.